The summed E-state index contributed by atoms with van der Waals surface area (Å²) < 4.78 is 4.83. The van der Waals surface area contributed by atoms with Crippen LogP contribution in [0.3, 0.4) is 0 Å². The number of benzene rings is 1. The van der Waals surface area contributed by atoms with E-state index in [9.17, 15) is 4.79 Å². The van der Waals surface area contributed by atoms with Crippen molar-refractivity contribution in [3.05, 3.63) is 53.2 Å². The molecular weight excluding hydrogens is 252 g/mol. The van der Waals surface area contributed by atoms with E-state index in [1.807, 2.05) is 12.1 Å². The molecule has 1 aromatic heterocycles. The largest absolute Gasteiger partial charge is 0.451 e. The smallest absolute Gasteiger partial charge is 0.220 e. The Morgan fingerprint density at radius 2 is 2.11 bits per heavy atom. The molecule has 0 radical (unpaired) electrons. The van der Waals surface area contributed by atoms with Crippen LogP contribution in [0.4, 0.5) is 0 Å². The van der Waals surface area contributed by atoms with Gasteiger partial charge < -0.3 is 9.73 Å². The molecule has 0 bridgehead atoms. The predicted molar refractivity (Wildman–Crippen MR) is 68.1 cm³/mol. The number of amides is 1. The highest BCUT2D eigenvalue weighted by Crippen LogP contribution is 2.09. The molecule has 94 valence electrons. The van der Waals surface area contributed by atoms with E-state index in [-0.39, 0.29) is 5.91 Å². The molecule has 4 nitrogen and oxygen atoms in total. The molecule has 0 aliphatic carbocycles. The van der Waals surface area contributed by atoms with Crippen molar-refractivity contribution in [2.45, 2.75) is 19.4 Å². The van der Waals surface area contributed by atoms with Crippen LogP contribution in [0.2, 0.25) is 5.02 Å². The third-order valence-corrected chi connectivity index (χ3v) is 2.75. The molecule has 0 aliphatic rings. The van der Waals surface area contributed by atoms with E-state index >= 15 is 0 Å². The number of rotatable bonds is 5. The van der Waals surface area contributed by atoms with Gasteiger partial charge in [0.2, 0.25) is 5.91 Å². The van der Waals surface area contributed by atoms with E-state index in [4.69, 9.17) is 16.0 Å². The fourth-order valence-electron chi connectivity index (χ4n) is 1.49. The zero-order valence-corrected chi connectivity index (χ0v) is 10.5. The fourth-order valence-corrected chi connectivity index (χ4v) is 1.62. The summed E-state index contributed by atoms with van der Waals surface area (Å²) in [5, 5.41) is 3.53. The molecule has 1 aromatic carbocycles. The van der Waals surface area contributed by atoms with Crippen LogP contribution in [0.25, 0.3) is 0 Å². The first-order valence-electron chi connectivity index (χ1n) is 5.62. The quantitative estimate of drug-likeness (QED) is 0.903. The predicted octanol–water partition coefficient (Wildman–Crippen LogP) is 2.58. The van der Waals surface area contributed by atoms with Gasteiger partial charge in [0.25, 0.3) is 0 Å². The first-order valence-corrected chi connectivity index (χ1v) is 6.00. The second-order valence-corrected chi connectivity index (χ2v) is 4.32. The molecule has 0 saturated heterocycles. The van der Waals surface area contributed by atoms with Gasteiger partial charge in [-0.3, -0.25) is 4.79 Å². The average Bonchev–Trinajstić information content (AvgIpc) is 2.89. The lowest BCUT2D eigenvalue weighted by atomic mass is 10.2. The number of nitrogens with zero attached hydrogens (tertiary/aromatic N) is 1. The van der Waals surface area contributed by atoms with Crippen molar-refractivity contribution in [1.29, 1.82) is 0 Å². The van der Waals surface area contributed by atoms with Gasteiger partial charge in [0.05, 0.1) is 5.69 Å². The number of halogens is 1. The molecule has 18 heavy (non-hydrogen) atoms. The number of nitrogens with one attached hydrogen (secondary N) is 1. The highest BCUT2D eigenvalue weighted by molar-refractivity contribution is 6.30. The lowest BCUT2D eigenvalue weighted by Gasteiger charge is -2.04. The van der Waals surface area contributed by atoms with Gasteiger partial charge in [-0.15, -0.1) is 0 Å². The van der Waals surface area contributed by atoms with Gasteiger partial charge in [0.1, 0.15) is 6.26 Å². The highest BCUT2D eigenvalue weighted by Gasteiger charge is 2.04. The topological polar surface area (TPSA) is 55.1 Å². The Bertz CT molecular complexity index is 494. The minimum absolute atomic E-state index is 0.00653. The summed E-state index contributed by atoms with van der Waals surface area (Å²) in [5.41, 5.74) is 1.81. The SMILES string of the molecule is O=C(CCc1cocn1)NCc1ccc(Cl)cc1. The molecule has 0 atom stereocenters. The summed E-state index contributed by atoms with van der Waals surface area (Å²) in [6.07, 6.45) is 3.90. The normalized spacial score (nSPS) is 10.3. The summed E-state index contributed by atoms with van der Waals surface area (Å²) >= 11 is 5.78. The minimum Gasteiger partial charge on any atom is -0.451 e. The average molecular weight is 265 g/mol. The number of carbonyl (C=O) groups is 1. The fraction of sp³-hybridized carbons (Fsp3) is 0.231. The summed E-state index contributed by atoms with van der Waals surface area (Å²) in [6, 6.07) is 7.39. The molecule has 2 rings (SSSR count). The second-order valence-electron chi connectivity index (χ2n) is 3.88. The number of carbonyl (C=O) groups excluding carboxylic acids is 1. The van der Waals surface area contributed by atoms with Crippen molar-refractivity contribution in [2.24, 2.45) is 0 Å². The van der Waals surface area contributed by atoms with Crippen molar-refractivity contribution in [1.82, 2.24) is 10.3 Å². The zero-order valence-electron chi connectivity index (χ0n) is 9.73. The van der Waals surface area contributed by atoms with Crippen LogP contribution >= 0.6 is 11.6 Å². The van der Waals surface area contributed by atoms with Crippen molar-refractivity contribution in [2.75, 3.05) is 0 Å². The van der Waals surface area contributed by atoms with Crippen LogP contribution in [0, 0.1) is 0 Å². The third-order valence-electron chi connectivity index (χ3n) is 2.49. The van der Waals surface area contributed by atoms with Crippen molar-refractivity contribution in [3.8, 4) is 0 Å². The van der Waals surface area contributed by atoms with Crippen molar-refractivity contribution in [3.63, 3.8) is 0 Å². The highest BCUT2D eigenvalue weighted by atomic mass is 35.5. The monoisotopic (exact) mass is 264 g/mol. The van der Waals surface area contributed by atoms with E-state index in [0.717, 1.165) is 11.3 Å². The minimum atomic E-state index is -0.00653. The number of aryl methyl sites for hydroxylation is 1. The second kappa shape index (κ2) is 6.21. The van der Waals surface area contributed by atoms with Crippen LogP contribution in [0.5, 0.6) is 0 Å². The Morgan fingerprint density at radius 1 is 1.33 bits per heavy atom. The van der Waals surface area contributed by atoms with Gasteiger partial charge in [-0.05, 0) is 17.7 Å². The molecule has 0 fully saturated rings. The van der Waals surface area contributed by atoms with Crippen molar-refractivity contribution >= 4 is 17.5 Å². The summed E-state index contributed by atoms with van der Waals surface area (Å²) in [6.45, 7) is 0.509. The summed E-state index contributed by atoms with van der Waals surface area (Å²) in [4.78, 5) is 15.5. The Morgan fingerprint density at radius 3 is 2.78 bits per heavy atom. The number of oxazole rings is 1. The van der Waals surface area contributed by atoms with Gasteiger partial charge in [0.15, 0.2) is 6.39 Å². The van der Waals surface area contributed by atoms with Gasteiger partial charge >= 0.3 is 0 Å². The Hall–Kier alpha value is -1.81. The van der Waals surface area contributed by atoms with E-state index in [2.05, 4.69) is 10.3 Å². The first-order chi connectivity index (χ1) is 8.74. The molecule has 0 saturated carbocycles. The maximum atomic E-state index is 11.6. The van der Waals surface area contributed by atoms with Crippen LogP contribution < -0.4 is 5.32 Å². The molecule has 0 aliphatic heterocycles. The molecule has 1 N–H and O–H groups in total. The van der Waals surface area contributed by atoms with Crippen molar-refractivity contribution < 1.29 is 9.21 Å². The Kier molecular flexibility index (Phi) is 4.36. The Balaban J connectivity index is 1.73. The number of hydrogen-bond acceptors (Lipinski definition) is 3. The standard InChI is InChI=1S/C13H13ClN2O2/c14-11-3-1-10(2-4-11)7-15-13(17)6-5-12-8-18-9-16-12/h1-4,8-9H,5-7H2,(H,15,17). The third kappa shape index (κ3) is 3.89. The molecule has 0 unspecified atom stereocenters. The lowest BCUT2D eigenvalue weighted by Crippen LogP contribution is -2.22. The maximum absolute atomic E-state index is 11.6. The van der Waals surface area contributed by atoms with E-state index in [1.165, 1.54) is 6.39 Å². The van der Waals surface area contributed by atoms with E-state index < -0.39 is 0 Å². The van der Waals surface area contributed by atoms with Gasteiger partial charge in [0, 0.05) is 24.4 Å². The van der Waals surface area contributed by atoms with Crippen LogP contribution in [-0.2, 0) is 17.8 Å². The van der Waals surface area contributed by atoms with E-state index in [1.54, 1.807) is 18.4 Å². The maximum Gasteiger partial charge on any atom is 0.220 e. The molecule has 5 heteroatoms. The van der Waals surface area contributed by atoms with Gasteiger partial charge in [-0.25, -0.2) is 4.98 Å². The molecule has 2 aromatic rings. The summed E-state index contributed by atoms with van der Waals surface area (Å²) in [7, 11) is 0. The first kappa shape index (κ1) is 12.6. The van der Waals surface area contributed by atoms with Crippen LogP contribution in [-0.4, -0.2) is 10.9 Å². The van der Waals surface area contributed by atoms with Crippen LogP contribution in [0.15, 0.2) is 41.3 Å². The molecular formula is C13H13ClN2O2. The van der Waals surface area contributed by atoms with Gasteiger partial charge in [-0.2, -0.15) is 0 Å². The number of hydrogen-bond donors (Lipinski definition) is 1. The lowest BCUT2D eigenvalue weighted by molar-refractivity contribution is -0.121. The van der Waals surface area contributed by atoms with Gasteiger partial charge in [-0.1, -0.05) is 23.7 Å². The zero-order chi connectivity index (χ0) is 12.8. The molecule has 1 heterocycles. The van der Waals surface area contributed by atoms with Crippen LogP contribution in [0.1, 0.15) is 17.7 Å². The molecule has 0 spiro atoms. The Labute approximate surface area is 110 Å². The number of aromatic nitrogens is 1. The summed E-state index contributed by atoms with van der Waals surface area (Å²) in [5.74, 6) is -0.00653. The van der Waals surface area contributed by atoms with E-state index in [0.29, 0.717) is 24.4 Å². The molecule has 1 amide bonds.